The van der Waals surface area contributed by atoms with E-state index in [4.69, 9.17) is 11.6 Å². The molecule has 0 aromatic heterocycles. The van der Waals surface area contributed by atoms with E-state index in [0.29, 0.717) is 23.0 Å². The molecule has 1 aromatic carbocycles. The van der Waals surface area contributed by atoms with Gasteiger partial charge >= 0.3 is 0 Å². The van der Waals surface area contributed by atoms with Crippen LogP contribution in [0.4, 0.5) is 0 Å². The zero-order valence-electron chi connectivity index (χ0n) is 12.1. The zero-order valence-corrected chi connectivity index (χ0v) is 12.8. The van der Waals surface area contributed by atoms with Crippen molar-refractivity contribution in [2.24, 2.45) is 5.92 Å². The molecule has 1 fully saturated rings. The van der Waals surface area contributed by atoms with E-state index in [1.165, 1.54) is 6.42 Å². The van der Waals surface area contributed by atoms with Crippen LogP contribution in [0.1, 0.15) is 30.1 Å². The summed E-state index contributed by atoms with van der Waals surface area (Å²) in [6, 6.07) is 6.48. The number of rotatable bonds is 3. The Bertz CT molecular complexity index is 504. The summed E-state index contributed by atoms with van der Waals surface area (Å²) in [5.74, 6) is 0.0636. The second-order valence-corrected chi connectivity index (χ2v) is 5.93. The average molecular weight is 310 g/mol. The lowest BCUT2D eigenvalue weighted by Gasteiger charge is -2.30. The third kappa shape index (κ3) is 5.02. The third-order valence-electron chi connectivity index (χ3n) is 3.53. The van der Waals surface area contributed by atoms with Gasteiger partial charge in [0, 0.05) is 17.1 Å². The Morgan fingerprint density at radius 1 is 1.29 bits per heavy atom. The maximum absolute atomic E-state index is 11.8. The number of nitrogens with zero attached hydrogens (tertiary/aromatic N) is 1. The number of likely N-dealkylation sites (tertiary alicyclic amines) is 1. The fourth-order valence-electron chi connectivity index (χ4n) is 2.47. The summed E-state index contributed by atoms with van der Waals surface area (Å²) >= 11 is 5.76. The Morgan fingerprint density at radius 2 is 2.00 bits per heavy atom. The van der Waals surface area contributed by atoms with Crippen molar-refractivity contribution in [3.8, 4) is 0 Å². The highest BCUT2D eigenvalue weighted by Crippen LogP contribution is 2.14. The minimum atomic E-state index is -0.355. The highest BCUT2D eigenvalue weighted by molar-refractivity contribution is 6.30. The van der Waals surface area contributed by atoms with Crippen LogP contribution in [0.25, 0.3) is 0 Å². The molecule has 1 atom stereocenters. The van der Waals surface area contributed by atoms with Crippen LogP contribution < -0.4 is 10.9 Å². The number of carbonyl (C=O) groups excluding carboxylic acids is 2. The highest BCUT2D eigenvalue weighted by Gasteiger charge is 2.18. The summed E-state index contributed by atoms with van der Waals surface area (Å²) < 4.78 is 0. The van der Waals surface area contributed by atoms with Gasteiger partial charge in [0.15, 0.2) is 0 Å². The first-order valence-corrected chi connectivity index (χ1v) is 7.49. The van der Waals surface area contributed by atoms with Gasteiger partial charge in [-0.25, -0.2) is 0 Å². The number of hydrogen-bond donors (Lipinski definition) is 2. The second-order valence-electron chi connectivity index (χ2n) is 5.49. The van der Waals surface area contributed by atoms with Crippen LogP contribution in [0.5, 0.6) is 0 Å². The summed E-state index contributed by atoms with van der Waals surface area (Å²) in [6.07, 6.45) is 2.33. The fourth-order valence-corrected chi connectivity index (χ4v) is 2.60. The van der Waals surface area contributed by atoms with Crippen LogP contribution >= 0.6 is 11.6 Å². The second kappa shape index (κ2) is 7.43. The molecule has 114 valence electrons. The predicted octanol–water partition coefficient (Wildman–Crippen LogP) is 1.83. The number of hydrogen-bond acceptors (Lipinski definition) is 3. The standard InChI is InChI=1S/C15H20ClN3O2/c1-11-3-2-8-19(9-11)10-14(20)17-18-15(21)12-4-6-13(16)7-5-12/h4-7,11H,2-3,8-10H2,1H3,(H,17,20)(H,18,21). The van der Waals surface area contributed by atoms with Crippen molar-refractivity contribution in [2.45, 2.75) is 19.8 Å². The lowest BCUT2D eigenvalue weighted by Crippen LogP contribution is -2.48. The Hall–Kier alpha value is -1.59. The Labute approximate surface area is 129 Å². The maximum atomic E-state index is 11.8. The van der Waals surface area contributed by atoms with Crippen molar-refractivity contribution >= 4 is 23.4 Å². The molecule has 6 heteroatoms. The van der Waals surface area contributed by atoms with Gasteiger partial charge < -0.3 is 0 Å². The van der Waals surface area contributed by atoms with Gasteiger partial charge in [-0.05, 0) is 49.6 Å². The van der Waals surface area contributed by atoms with Crippen molar-refractivity contribution in [2.75, 3.05) is 19.6 Å². The van der Waals surface area contributed by atoms with E-state index in [0.717, 1.165) is 19.5 Å². The minimum absolute atomic E-state index is 0.202. The summed E-state index contributed by atoms with van der Waals surface area (Å²) in [4.78, 5) is 25.8. The minimum Gasteiger partial charge on any atom is -0.294 e. The topological polar surface area (TPSA) is 61.4 Å². The number of nitrogens with one attached hydrogen (secondary N) is 2. The van der Waals surface area contributed by atoms with Gasteiger partial charge in [-0.2, -0.15) is 0 Å². The van der Waals surface area contributed by atoms with E-state index >= 15 is 0 Å². The SMILES string of the molecule is CC1CCCN(CC(=O)NNC(=O)c2ccc(Cl)cc2)C1. The van der Waals surface area contributed by atoms with Crippen LogP contribution in [0.3, 0.4) is 0 Å². The Kier molecular flexibility index (Phi) is 5.59. The highest BCUT2D eigenvalue weighted by atomic mass is 35.5. The molecule has 0 aliphatic carbocycles. The van der Waals surface area contributed by atoms with Crippen LogP contribution in [0.15, 0.2) is 24.3 Å². The molecule has 1 aliphatic rings. The molecule has 2 amide bonds. The van der Waals surface area contributed by atoms with E-state index in [2.05, 4.69) is 22.7 Å². The molecule has 1 unspecified atom stereocenters. The number of benzene rings is 1. The van der Waals surface area contributed by atoms with E-state index in [9.17, 15) is 9.59 Å². The molecule has 2 rings (SSSR count). The van der Waals surface area contributed by atoms with Crippen molar-refractivity contribution < 1.29 is 9.59 Å². The summed E-state index contributed by atoms with van der Waals surface area (Å²) in [5.41, 5.74) is 5.31. The molecule has 0 spiro atoms. The lowest BCUT2D eigenvalue weighted by atomic mass is 10.0. The van der Waals surface area contributed by atoms with Crippen molar-refractivity contribution in [1.82, 2.24) is 15.8 Å². The number of piperidine rings is 1. The molecule has 1 aliphatic heterocycles. The Balaban J connectivity index is 1.75. The average Bonchev–Trinajstić information content (AvgIpc) is 2.45. The van der Waals surface area contributed by atoms with Gasteiger partial charge in [-0.15, -0.1) is 0 Å². The molecule has 2 N–H and O–H groups in total. The molecule has 1 aromatic rings. The fraction of sp³-hybridized carbons (Fsp3) is 0.467. The first-order valence-electron chi connectivity index (χ1n) is 7.11. The van der Waals surface area contributed by atoms with Gasteiger partial charge in [0.25, 0.3) is 11.8 Å². The molecule has 1 heterocycles. The molecule has 5 nitrogen and oxygen atoms in total. The molecule has 1 saturated heterocycles. The first kappa shape index (κ1) is 15.8. The van der Waals surface area contributed by atoms with Crippen LogP contribution in [-0.4, -0.2) is 36.3 Å². The predicted molar refractivity (Wildman–Crippen MR) is 81.9 cm³/mol. The van der Waals surface area contributed by atoms with Crippen LogP contribution in [0.2, 0.25) is 5.02 Å². The van der Waals surface area contributed by atoms with Crippen molar-refractivity contribution in [3.05, 3.63) is 34.9 Å². The maximum Gasteiger partial charge on any atom is 0.269 e. The quantitative estimate of drug-likeness (QED) is 0.838. The van der Waals surface area contributed by atoms with Crippen molar-refractivity contribution in [1.29, 1.82) is 0 Å². The first-order chi connectivity index (χ1) is 10.0. The number of carbonyl (C=O) groups is 2. The molecule has 21 heavy (non-hydrogen) atoms. The lowest BCUT2D eigenvalue weighted by molar-refractivity contribution is -0.123. The van der Waals surface area contributed by atoms with Crippen LogP contribution in [0, 0.1) is 5.92 Å². The molecular weight excluding hydrogens is 290 g/mol. The van der Waals surface area contributed by atoms with Gasteiger partial charge in [0.05, 0.1) is 6.54 Å². The van der Waals surface area contributed by atoms with Crippen molar-refractivity contribution in [3.63, 3.8) is 0 Å². The van der Waals surface area contributed by atoms with Gasteiger partial charge in [0.1, 0.15) is 0 Å². The summed E-state index contributed by atoms with van der Waals surface area (Å²) in [6.45, 7) is 4.36. The van der Waals surface area contributed by atoms with Gasteiger partial charge in [-0.1, -0.05) is 18.5 Å². The molecular formula is C15H20ClN3O2. The normalized spacial score (nSPS) is 19.0. The van der Waals surface area contributed by atoms with E-state index in [1.54, 1.807) is 24.3 Å². The monoisotopic (exact) mass is 309 g/mol. The smallest absolute Gasteiger partial charge is 0.269 e. The third-order valence-corrected chi connectivity index (χ3v) is 3.78. The summed E-state index contributed by atoms with van der Waals surface area (Å²) in [5, 5.41) is 0.565. The van der Waals surface area contributed by atoms with Gasteiger partial charge in [0.2, 0.25) is 0 Å². The molecule has 0 radical (unpaired) electrons. The van der Waals surface area contributed by atoms with Gasteiger partial charge in [-0.3, -0.25) is 25.3 Å². The number of hydrazine groups is 1. The Morgan fingerprint density at radius 3 is 2.67 bits per heavy atom. The largest absolute Gasteiger partial charge is 0.294 e. The van der Waals surface area contributed by atoms with E-state index in [1.807, 2.05) is 0 Å². The van der Waals surface area contributed by atoms with Crippen LogP contribution in [-0.2, 0) is 4.79 Å². The number of halogens is 1. The molecule has 0 saturated carbocycles. The number of amides is 2. The summed E-state index contributed by atoms with van der Waals surface area (Å²) in [7, 11) is 0. The zero-order chi connectivity index (χ0) is 15.2. The van der Waals surface area contributed by atoms with E-state index < -0.39 is 0 Å². The molecule has 0 bridgehead atoms. The van der Waals surface area contributed by atoms with E-state index in [-0.39, 0.29) is 11.8 Å².